The van der Waals surface area contributed by atoms with Gasteiger partial charge in [0.2, 0.25) is 5.95 Å². The van der Waals surface area contributed by atoms with Crippen LogP contribution in [0.4, 0.5) is 17.5 Å². The van der Waals surface area contributed by atoms with Crippen LogP contribution >= 0.6 is 0 Å². The van der Waals surface area contributed by atoms with E-state index in [9.17, 15) is 0 Å². The Balaban J connectivity index is 1.53. The van der Waals surface area contributed by atoms with E-state index < -0.39 is 0 Å². The number of aromatic nitrogens is 3. The molecule has 0 radical (unpaired) electrons. The molecular weight excluding hydrogens is 338 g/mol. The van der Waals surface area contributed by atoms with Crippen molar-refractivity contribution in [3.63, 3.8) is 0 Å². The van der Waals surface area contributed by atoms with E-state index in [-0.39, 0.29) is 0 Å². The van der Waals surface area contributed by atoms with Crippen LogP contribution in [0, 0.1) is 5.92 Å². The van der Waals surface area contributed by atoms with Crippen LogP contribution in [0.1, 0.15) is 19.8 Å². The maximum atomic E-state index is 5.99. The van der Waals surface area contributed by atoms with Crippen molar-refractivity contribution in [2.45, 2.75) is 19.8 Å². The van der Waals surface area contributed by atoms with Gasteiger partial charge in [-0.3, -0.25) is 0 Å². The van der Waals surface area contributed by atoms with Crippen LogP contribution in [-0.4, -0.2) is 28.3 Å². The van der Waals surface area contributed by atoms with Crippen LogP contribution in [0.15, 0.2) is 60.8 Å². The minimum absolute atomic E-state index is 0.467. The molecule has 1 atom stereocenters. The molecule has 0 saturated carbocycles. The SMILES string of the molecule is CC1CCCN(c2cnnc(Nc3ccccc3Oc3ccccc3)n2)C1. The van der Waals surface area contributed by atoms with Crippen LogP contribution in [0.5, 0.6) is 11.5 Å². The molecule has 1 fully saturated rings. The number of nitrogens with one attached hydrogen (secondary N) is 1. The lowest BCUT2D eigenvalue weighted by molar-refractivity contribution is 0.444. The summed E-state index contributed by atoms with van der Waals surface area (Å²) in [5.74, 6) is 3.49. The zero-order chi connectivity index (χ0) is 18.5. The summed E-state index contributed by atoms with van der Waals surface area (Å²) in [7, 11) is 0. The second-order valence-corrected chi connectivity index (χ2v) is 6.87. The van der Waals surface area contributed by atoms with Gasteiger partial charge in [-0.05, 0) is 43.0 Å². The van der Waals surface area contributed by atoms with Crippen molar-refractivity contribution < 1.29 is 4.74 Å². The van der Waals surface area contributed by atoms with Gasteiger partial charge in [-0.25, -0.2) is 0 Å². The molecule has 1 aromatic heterocycles. The summed E-state index contributed by atoms with van der Waals surface area (Å²) >= 11 is 0. The lowest BCUT2D eigenvalue weighted by Crippen LogP contribution is -2.35. The number of ether oxygens (including phenoxy) is 1. The zero-order valence-corrected chi connectivity index (χ0v) is 15.4. The number of para-hydroxylation sites is 3. The first-order chi connectivity index (χ1) is 13.3. The Kier molecular flexibility index (Phi) is 5.14. The van der Waals surface area contributed by atoms with Crippen LogP contribution < -0.4 is 15.0 Å². The smallest absolute Gasteiger partial charge is 0.249 e. The number of benzene rings is 2. The van der Waals surface area contributed by atoms with Gasteiger partial charge in [-0.15, -0.1) is 5.10 Å². The fourth-order valence-corrected chi connectivity index (χ4v) is 3.29. The maximum Gasteiger partial charge on any atom is 0.249 e. The van der Waals surface area contributed by atoms with Gasteiger partial charge in [0, 0.05) is 13.1 Å². The average molecular weight is 361 g/mol. The predicted octanol–water partition coefficient (Wildman–Crippen LogP) is 4.64. The van der Waals surface area contributed by atoms with Gasteiger partial charge in [0.15, 0.2) is 11.6 Å². The summed E-state index contributed by atoms with van der Waals surface area (Å²) < 4.78 is 5.99. The molecule has 27 heavy (non-hydrogen) atoms. The Hall–Kier alpha value is -3.15. The first kappa shape index (κ1) is 17.3. The highest BCUT2D eigenvalue weighted by Crippen LogP contribution is 2.31. The third kappa shape index (κ3) is 4.34. The number of piperidine rings is 1. The highest BCUT2D eigenvalue weighted by molar-refractivity contribution is 5.63. The number of nitrogens with zero attached hydrogens (tertiary/aromatic N) is 4. The Bertz CT molecular complexity index is 887. The van der Waals surface area contributed by atoms with Gasteiger partial charge >= 0.3 is 0 Å². The standard InChI is InChI=1S/C21H23N5O/c1-16-8-7-13-26(15-16)20-14-22-25-21(24-20)23-18-11-5-6-12-19(18)27-17-9-3-2-4-10-17/h2-6,9-12,14,16H,7-8,13,15H2,1H3,(H,23,24,25). The molecule has 3 aromatic rings. The summed E-state index contributed by atoms with van der Waals surface area (Å²) in [5, 5.41) is 11.5. The number of hydrogen-bond acceptors (Lipinski definition) is 6. The summed E-state index contributed by atoms with van der Waals surface area (Å²) in [4.78, 5) is 6.94. The summed E-state index contributed by atoms with van der Waals surface area (Å²) in [6.07, 6.45) is 4.18. The molecule has 0 spiro atoms. The van der Waals surface area contributed by atoms with Crippen molar-refractivity contribution in [3.05, 3.63) is 60.8 Å². The molecule has 0 amide bonds. The Labute approximate surface area is 159 Å². The van der Waals surface area contributed by atoms with E-state index >= 15 is 0 Å². The molecule has 1 unspecified atom stereocenters. The molecule has 1 saturated heterocycles. The monoisotopic (exact) mass is 361 g/mol. The van der Waals surface area contributed by atoms with Crippen LogP contribution in [0.2, 0.25) is 0 Å². The van der Waals surface area contributed by atoms with Crippen LogP contribution in [0.3, 0.4) is 0 Å². The number of hydrogen-bond donors (Lipinski definition) is 1. The van der Waals surface area contributed by atoms with Crippen molar-refractivity contribution in [1.29, 1.82) is 0 Å². The van der Waals surface area contributed by atoms with Gasteiger partial charge in [-0.1, -0.05) is 37.3 Å². The van der Waals surface area contributed by atoms with Crippen molar-refractivity contribution in [3.8, 4) is 11.5 Å². The van der Waals surface area contributed by atoms with E-state index in [1.807, 2.05) is 54.6 Å². The highest BCUT2D eigenvalue weighted by Gasteiger charge is 2.18. The normalized spacial score (nSPS) is 16.8. The molecule has 0 bridgehead atoms. The van der Waals surface area contributed by atoms with Gasteiger partial charge in [0.1, 0.15) is 5.75 Å². The minimum Gasteiger partial charge on any atom is -0.455 e. The first-order valence-electron chi connectivity index (χ1n) is 9.31. The van der Waals surface area contributed by atoms with Gasteiger partial charge < -0.3 is 15.0 Å². The molecule has 138 valence electrons. The molecule has 4 rings (SSSR count). The van der Waals surface area contributed by atoms with Crippen molar-refractivity contribution in [1.82, 2.24) is 15.2 Å². The third-order valence-electron chi connectivity index (χ3n) is 4.63. The topological polar surface area (TPSA) is 63.2 Å². The maximum absolute atomic E-state index is 5.99. The molecule has 1 aliphatic heterocycles. The lowest BCUT2D eigenvalue weighted by atomic mass is 10.0. The summed E-state index contributed by atoms with van der Waals surface area (Å²) in [5.41, 5.74) is 0.798. The van der Waals surface area contributed by atoms with E-state index in [1.54, 1.807) is 6.20 Å². The third-order valence-corrected chi connectivity index (χ3v) is 4.63. The summed E-state index contributed by atoms with van der Waals surface area (Å²) in [6, 6.07) is 17.4. The van der Waals surface area contributed by atoms with Crippen LogP contribution in [-0.2, 0) is 0 Å². The first-order valence-corrected chi connectivity index (χ1v) is 9.31. The van der Waals surface area contributed by atoms with E-state index in [0.29, 0.717) is 17.6 Å². The molecule has 2 aromatic carbocycles. The predicted molar refractivity (Wildman–Crippen MR) is 107 cm³/mol. The highest BCUT2D eigenvalue weighted by atomic mass is 16.5. The Morgan fingerprint density at radius 1 is 1.07 bits per heavy atom. The Morgan fingerprint density at radius 3 is 2.74 bits per heavy atom. The van der Waals surface area contributed by atoms with E-state index in [2.05, 4.69) is 32.3 Å². The van der Waals surface area contributed by atoms with E-state index in [0.717, 1.165) is 30.3 Å². The van der Waals surface area contributed by atoms with Gasteiger partial charge in [0.25, 0.3) is 0 Å². The van der Waals surface area contributed by atoms with E-state index in [1.165, 1.54) is 12.8 Å². The number of anilines is 3. The number of rotatable bonds is 5. The second-order valence-electron chi connectivity index (χ2n) is 6.87. The fraction of sp³-hybridized carbons (Fsp3) is 0.286. The minimum atomic E-state index is 0.467. The Morgan fingerprint density at radius 2 is 1.89 bits per heavy atom. The fourth-order valence-electron chi connectivity index (χ4n) is 3.29. The molecule has 2 heterocycles. The molecule has 6 nitrogen and oxygen atoms in total. The van der Waals surface area contributed by atoms with E-state index in [4.69, 9.17) is 4.74 Å². The quantitative estimate of drug-likeness (QED) is 0.714. The summed E-state index contributed by atoms with van der Waals surface area (Å²) in [6.45, 7) is 4.29. The molecular formula is C21H23N5O. The van der Waals surface area contributed by atoms with Gasteiger partial charge in [0.05, 0.1) is 11.9 Å². The largest absolute Gasteiger partial charge is 0.455 e. The molecule has 0 aliphatic carbocycles. The van der Waals surface area contributed by atoms with Gasteiger partial charge in [-0.2, -0.15) is 10.1 Å². The average Bonchev–Trinajstić information content (AvgIpc) is 2.71. The molecule has 1 N–H and O–H groups in total. The zero-order valence-electron chi connectivity index (χ0n) is 15.4. The lowest BCUT2D eigenvalue weighted by Gasteiger charge is -2.31. The molecule has 6 heteroatoms. The van der Waals surface area contributed by atoms with Crippen molar-refractivity contribution >= 4 is 17.5 Å². The van der Waals surface area contributed by atoms with Crippen LogP contribution in [0.25, 0.3) is 0 Å². The molecule has 1 aliphatic rings. The van der Waals surface area contributed by atoms with Crippen molar-refractivity contribution in [2.75, 3.05) is 23.3 Å². The second kappa shape index (κ2) is 8.03. The van der Waals surface area contributed by atoms with Crippen molar-refractivity contribution in [2.24, 2.45) is 5.92 Å².